The molecule has 0 bridgehead atoms. The van der Waals surface area contributed by atoms with E-state index in [1.807, 2.05) is 43.5 Å². The van der Waals surface area contributed by atoms with Gasteiger partial charge in [0.1, 0.15) is 0 Å². The number of hydrogen-bond acceptors (Lipinski definition) is 5. The van der Waals surface area contributed by atoms with Crippen molar-refractivity contribution in [3.8, 4) is 0 Å². The summed E-state index contributed by atoms with van der Waals surface area (Å²) in [6.07, 6.45) is 3.26. The lowest BCUT2D eigenvalue weighted by atomic mass is 10.2. The SMILES string of the molecule is CN=C(NCCCS(=O)(=O)Cc1ccccc1)NCCc1ncc(C)s1.I. The van der Waals surface area contributed by atoms with Crippen molar-refractivity contribution in [3.05, 3.63) is 52.0 Å². The van der Waals surface area contributed by atoms with Crippen LogP contribution in [-0.2, 0) is 22.0 Å². The summed E-state index contributed by atoms with van der Waals surface area (Å²) in [7, 11) is -1.39. The van der Waals surface area contributed by atoms with Gasteiger partial charge in [0, 0.05) is 37.6 Å². The van der Waals surface area contributed by atoms with Crippen LogP contribution in [0.25, 0.3) is 0 Å². The van der Waals surface area contributed by atoms with Crippen molar-refractivity contribution in [1.82, 2.24) is 15.6 Å². The fraction of sp³-hybridized carbons (Fsp3) is 0.444. The molecular formula is C18H27IN4O2S2. The number of aromatic nitrogens is 1. The van der Waals surface area contributed by atoms with Crippen LogP contribution in [0.4, 0.5) is 0 Å². The molecule has 0 aliphatic carbocycles. The molecule has 2 aromatic rings. The van der Waals surface area contributed by atoms with Gasteiger partial charge in [0.25, 0.3) is 0 Å². The zero-order chi connectivity index (χ0) is 18.8. The average molecular weight is 522 g/mol. The minimum atomic E-state index is -3.10. The first-order valence-corrected chi connectivity index (χ1v) is 11.2. The summed E-state index contributed by atoms with van der Waals surface area (Å²) in [4.78, 5) is 9.69. The van der Waals surface area contributed by atoms with Gasteiger partial charge in [0.05, 0.1) is 16.5 Å². The molecule has 0 amide bonds. The monoisotopic (exact) mass is 522 g/mol. The van der Waals surface area contributed by atoms with E-state index >= 15 is 0 Å². The van der Waals surface area contributed by atoms with Crippen LogP contribution in [0.2, 0.25) is 0 Å². The van der Waals surface area contributed by atoms with Crippen LogP contribution >= 0.6 is 35.3 Å². The van der Waals surface area contributed by atoms with Crippen molar-refractivity contribution >= 4 is 51.1 Å². The number of nitrogens with zero attached hydrogens (tertiary/aromatic N) is 2. The minimum absolute atomic E-state index is 0. The van der Waals surface area contributed by atoms with E-state index in [0.717, 1.165) is 23.5 Å². The largest absolute Gasteiger partial charge is 0.356 e. The molecule has 0 saturated heterocycles. The number of rotatable bonds is 9. The topological polar surface area (TPSA) is 83.5 Å². The normalized spacial score (nSPS) is 11.7. The highest BCUT2D eigenvalue weighted by molar-refractivity contribution is 14.0. The molecule has 1 aromatic carbocycles. The highest BCUT2D eigenvalue weighted by Crippen LogP contribution is 2.11. The predicted molar refractivity (Wildman–Crippen MR) is 124 cm³/mol. The van der Waals surface area contributed by atoms with E-state index < -0.39 is 9.84 Å². The lowest BCUT2D eigenvalue weighted by Gasteiger charge is -2.11. The number of halogens is 1. The number of aryl methyl sites for hydroxylation is 1. The molecule has 0 aliphatic heterocycles. The summed E-state index contributed by atoms with van der Waals surface area (Å²) in [5.74, 6) is 0.928. The predicted octanol–water partition coefficient (Wildman–Crippen LogP) is 2.78. The summed E-state index contributed by atoms with van der Waals surface area (Å²) < 4.78 is 24.3. The van der Waals surface area contributed by atoms with E-state index in [1.54, 1.807) is 18.4 Å². The highest BCUT2D eigenvalue weighted by Gasteiger charge is 2.11. The number of sulfone groups is 1. The van der Waals surface area contributed by atoms with Crippen molar-refractivity contribution in [3.63, 3.8) is 0 Å². The molecule has 0 radical (unpaired) electrons. The molecule has 0 unspecified atom stereocenters. The fourth-order valence-electron chi connectivity index (χ4n) is 2.42. The second kappa shape index (κ2) is 12.3. The number of hydrogen-bond donors (Lipinski definition) is 2. The van der Waals surface area contributed by atoms with Crippen molar-refractivity contribution in [2.75, 3.05) is 25.9 Å². The van der Waals surface area contributed by atoms with Gasteiger partial charge in [0.15, 0.2) is 15.8 Å². The minimum Gasteiger partial charge on any atom is -0.356 e. The molecule has 0 spiro atoms. The summed E-state index contributed by atoms with van der Waals surface area (Å²) in [6.45, 7) is 3.34. The van der Waals surface area contributed by atoms with E-state index in [4.69, 9.17) is 0 Å². The van der Waals surface area contributed by atoms with Gasteiger partial charge >= 0.3 is 0 Å². The van der Waals surface area contributed by atoms with Crippen LogP contribution in [0.1, 0.15) is 21.9 Å². The number of thiazole rings is 1. The molecule has 1 aromatic heterocycles. The number of aliphatic imine (C=N–C) groups is 1. The molecule has 1 heterocycles. The fourth-order valence-corrected chi connectivity index (χ4v) is 4.64. The van der Waals surface area contributed by atoms with Crippen LogP contribution < -0.4 is 10.6 Å². The molecule has 0 aliphatic rings. The zero-order valence-corrected chi connectivity index (χ0v) is 19.6. The Hall–Kier alpha value is -1.20. The van der Waals surface area contributed by atoms with Crippen LogP contribution in [0.3, 0.4) is 0 Å². The third-order valence-electron chi connectivity index (χ3n) is 3.68. The Morgan fingerprint density at radius 3 is 2.52 bits per heavy atom. The quantitative estimate of drug-likeness (QED) is 0.229. The standard InChI is InChI=1S/C18H26N4O2S2.HI/c1-15-13-22-17(25-15)9-11-21-18(19-2)20-10-6-12-26(23,24)14-16-7-4-3-5-8-16;/h3-5,7-8,13H,6,9-12,14H2,1-2H3,(H2,19,20,21);1H. The lowest BCUT2D eigenvalue weighted by molar-refractivity contribution is 0.591. The van der Waals surface area contributed by atoms with Gasteiger partial charge < -0.3 is 10.6 Å². The Morgan fingerprint density at radius 1 is 1.19 bits per heavy atom. The molecule has 9 heteroatoms. The number of benzene rings is 1. The van der Waals surface area contributed by atoms with Crippen molar-refractivity contribution < 1.29 is 8.42 Å². The molecule has 0 saturated carbocycles. The van der Waals surface area contributed by atoms with Crippen LogP contribution in [0, 0.1) is 6.92 Å². The van der Waals surface area contributed by atoms with Crippen LogP contribution in [0.5, 0.6) is 0 Å². The van der Waals surface area contributed by atoms with Gasteiger partial charge in [-0.1, -0.05) is 30.3 Å². The summed E-state index contributed by atoms with van der Waals surface area (Å²) in [5.41, 5.74) is 0.829. The van der Waals surface area contributed by atoms with Crippen molar-refractivity contribution in [2.24, 2.45) is 4.99 Å². The number of guanidine groups is 1. The second-order valence-corrected chi connectivity index (χ2v) is 9.47. The smallest absolute Gasteiger partial charge is 0.190 e. The van der Waals surface area contributed by atoms with Gasteiger partial charge in [-0.3, -0.25) is 4.99 Å². The van der Waals surface area contributed by atoms with Crippen molar-refractivity contribution in [2.45, 2.75) is 25.5 Å². The molecular weight excluding hydrogens is 495 g/mol. The maximum atomic E-state index is 12.2. The Labute approximate surface area is 182 Å². The second-order valence-electron chi connectivity index (χ2n) is 5.97. The Bertz CT molecular complexity index is 808. The van der Waals surface area contributed by atoms with E-state index in [2.05, 4.69) is 20.6 Å². The average Bonchev–Trinajstić information content (AvgIpc) is 3.02. The molecule has 0 fully saturated rings. The third kappa shape index (κ3) is 9.52. The van der Waals surface area contributed by atoms with Crippen molar-refractivity contribution in [1.29, 1.82) is 0 Å². The molecule has 27 heavy (non-hydrogen) atoms. The first-order valence-electron chi connectivity index (χ1n) is 8.59. The molecule has 150 valence electrons. The van der Waals surface area contributed by atoms with Crippen LogP contribution in [0.15, 0.2) is 41.5 Å². The van der Waals surface area contributed by atoms with E-state index in [9.17, 15) is 8.42 Å². The van der Waals surface area contributed by atoms with Crippen LogP contribution in [-0.4, -0.2) is 45.3 Å². The van der Waals surface area contributed by atoms with Gasteiger partial charge in [-0.25, -0.2) is 13.4 Å². The van der Waals surface area contributed by atoms with Gasteiger partial charge in [-0.15, -0.1) is 35.3 Å². The Morgan fingerprint density at radius 2 is 1.89 bits per heavy atom. The summed E-state index contributed by atoms with van der Waals surface area (Å²) >= 11 is 1.69. The van der Waals surface area contributed by atoms with E-state index in [-0.39, 0.29) is 35.5 Å². The highest BCUT2D eigenvalue weighted by atomic mass is 127. The van der Waals surface area contributed by atoms with E-state index in [1.165, 1.54) is 4.88 Å². The first kappa shape index (κ1) is 23.8. The maximum Gasteiger partial charge on any atom is 0.190 e. The Balaban J connectivity index is 0.00000364. The number of nitrogens with one attached hydrogen (secondary N) is 2. The maximum absolute atomic E-state index is 12.2. The molecule has 2 N–H and O–H groups in total. The molecule has 6 nitrogen and oxygen atoms in total. The molecule has 2 rings (SSSR count). The van der Waals surface area contributed by atoms with E-state index in [0.29, 0.717) is 18.9 Å². The van der Waals surface area contributed by atoms with Gasteiger partial charge in [-0.2, -0.15) is 0 Å². The molecule has 0 atom stereocenters. The van der Waals surface area contributed by atoms with Gasteiger partial charge in [-0.05, 0) is 18.9 Å². The lowest BCUT2D eigenvalue weighted by Crippen LogP contribution is -2.39. The summed E-state index contributed by atoms with van der Waals surface area (Å²) in [6, 6.07) is 9.27. The third-order valence-corrected chi connectivity index (χ3v) is 6.33. The first-order chi connectivity index (χ1) is 12.5. The zero-order valence-electron chi connectivity index (χ0n) is 15.6. The Kier molecular flexibility index (Phi) is 10.9. The summed E-state index contributed by atoms with van der Waals surface area (Å²) in [5, 5.41) is 7.47. The van der Waals surface area contributed by atoms with Gasteiger partial charge in [0.2, 0.25) is 0 Å².